The molecule has 16 heavy (non-hydrogen) atoms. The van der Waals surface area contributed by atoms with Crippen LogP contribution in [0.15, 0.2) is 12.4 Å². The van der Waals surface area contributed by atoms with Gasteiger partial charge in [-0.2, -0.15) is 0 Å². The number of carbonyl (C=O) groups is 1. The van der Waals surface area contributed by atoms with Crippen LogP contribution < -0.4 is 11.1 Å². The van der Waals surface area contributed by atoms with Crippen LogP contribution in [0.2, 0.25) is 0 Å². The van der Waals surface area contributed by atoms with Crippen molar-refractivity contribution in [1.82, 2.24) is 20.3 Å². The zero-order chi connectivity index (χ0) is 12.2. The molecule has 1 rings (SSSR count). The molecule has 0 saturated heterocycles. The summed E-state index contributed by atoms with van der Waals surface area (Å²) < 4.78 is 1.63. The molecule has 7 heteroatoms. The lowest BCUT2D eigenvalue weighted by Crippen LogP contribution is -2.45. The number of hydrogen-bond donors (Lipinski definition) is 2. The molecule has 1 aromatic rings. The normalized spacial score (nSPS) is 11.1. The number of aromatic nitrogens is 3. The van der Waals surface area contributed by atoms with Crippen molar-refractivity contribution in [2.45, 2.75) is 20.4 Å². The van der Waals surface area contributed by atoms with E-state index in [0.29, 0.717) is 13.1 Å². The van der Waals surface area contributed by atoms with Crippen molar-refractivity contribution < 1.29 is 4.79 Å². The molecule has 0 bridgehead atoms. The van der Waals surface area contributed by atoms with Crippen molar-refractivity contribution in [1.29, 1.82) is 0 Å². The molecule has 1 aromatic heterocycles. The summed E-state index contributed by atoms with van der Waals surface area (Å²) in [5.41, 5.74) is 4.66. The van der Waals surface area contributed by atoms with Gasteiger partial charge in [-0.25, -0.2) is 0 Å². The first kappa shape index (κ1) is 12.6. The molecule has 88 valence electrons. The van der Waals surface area contributed by atoms with Crippen molar-refractivity contribution in [2.75, 3.05) is 6.54 Å². The molecule has 0 radical (unpaired) electrons. The van der Waals surface area contributed by atoms with Crippen LogP contribution in [0.3, 0.4) is 0 Å². The Labute approximate surface area is 99.2 Å². The Bertz CT molecular complexity index is 373. The van der Waals surface area contributed by atoms with Gasteiger partial charge in [0.1, 0.15) is 0 Å². The molecule has 0 aliphatic heterocycles. The van der Waals surface area contributed by atoms with Gasteiger partial charge in [-0.1, -0.05) is 17.4 Å². The largest absolute Gasteiger partial charge is 0.392 e. The summed E-state index contributed by atoms with van der Waals surface area (Å²) in [6.07, 6.45) is 3.31. The van der Waals surface area contributed by atoms with Gasteiger partial charge in [0.05, 0.1) is 23.1 Å². The summed E-state index contributed by atoms with van der Waals surface area (Å²) in [5.74, 6) is -0.180. The van der Waals surface area contributed by atoms with Crippen molar-refractivity contribution in [3.05, 3.63) is 12.4 Å². The summed E-state index contributed by atoms with van der Waals surface area (Å²) in [6.45, 7) is 4.42. The van der Waals surface area contributed by atoms with Crippen molar-refractivity contribution in [3.63, 3.8) is 0 Å². The third-order valence-corrected chi connectivity index (χ3v) is 2.79. The number of rotatable bonds is 5. The first-order valence-electron chi connectivity index (χ1n) is 4.87. The maximum Gasteiger partial charge on any atom is 0.232 e. The highest BCUT2D eigenvalue weighted by molar-refractivity contribution is 7.80. The fourth-order valence-electron chi connectivity index (χ4n) is 0.969. The molecule has 0 aliphatic rings. The molecule has 0 spiro atoms. The molecule has 0 atom stereocenters. The molecule has 0 unspecified atom stereocenters. The number of thiocarbonyl (C=S) groups is 1. The van der Waals surface area contributed by atoms with Crippen LogP contribution in [0.25, 0.3) is 0 Å². The van der Waals surface area contributed by atoms with Gasteiger partial charge in [-0.05, 0) is 13.8 Å². The van der Waals surface area contributed by atoms with E-state index in [4.69, 9.17) is 18.0 Å². The first-order chi connectivity index (χ1) is 7.44. The predicted octanol–water partition coefficient (Wildman–Crippen LogP) is -0.293. The summed E-state index contributed by atoms with van der Waals surface area (Å²) in [4.78, 5) is 11.9. The van der Waals surface area contributed by atoms with Crippen LogP contribution in [-0.4, -0.2) is 32.4 Å². The van der Waals surface area contributed by atoms with Crippen LogP contribution in [0.1, 0.15) is 13.8 Å². The minimum Gasteiger partial charge on any atom is -0.392 e. The minimum atomic E-state index is -0.822. The second-order valence-corrected chi connectivity index (χ2v) is 4.35. The van der Waals surface area contributed by atoms with Crippen LogP contribution in [-0.2, 0) is 11.3 Å². The first-order valence-corrected chi connectivity index (χ1v) is 5.27. The average molecular weight is 241 g/mol. The number of nitrogens with two attached hydrogens (primary N) is 1. The maximum absolute atomic E-state index is 11.7. The number of carbonyl (C=O) groups excluding carboxylic acids is 1. The van der Waals surface area contributed by atoms with Crippen molar-refractivity contribution in [3.8, 4) is 0 Å². The molecular weight excluding hydrogens is 226 g/mol. The monoisotopic (exact) mass is 241 g/mol. The van der Waals surface area contributed by atoms with E-state index < -0.39 is 5.41 Å². The second-order valence-electron chi connectivity index (χ2n) is 3.91. The second kappa shape index (κ2) is 5.02. The summed E-state index contributed by atoms with van der Waals surface area (Å²) in [6, 6.07) is 0. The topological polar surface area (TPSA) is 85.8 Å². The van der Waals surface area contributed by atoms with E-state index >= 15 is 0 Å². The third-order valence-electron chi connectivity index (χ3n) is 2.28. The number of nitrogens with one attached hydrogen (secondary N) is 1. The lowest BCUT2D eigenvalue weighted by Gasteiger charge is -2.21. The Hall–Kier alpha value is -1.50. The molecule has 0 aliphatic carbocycles. The van der Waals surface area contributed by atoms with Gasteiger partial charge < -0.3 is 11.1 Å². The molecule has 0 aromatic carbocycles. The zero-order valence-corrected chi connectivity index (χ0v) is 10.1. The Morgan fingerprint density at radius 1 is 1.62 bits per heavy atom. The molecular formula is C9H15N5OS. The summed E-state index contributed by atoms with van der Waals surface area (Å²) in [5, 5.41) is 10.2. The summed E-state index contributed by atoms with van der Waals surface area (Å²) in [7, 11) is 0. The van der Waals surface area contributed by atoms with E-state index in [1.54, 1.807) is 30.9 Å². The van der Waals surface area contributed by atoms with E-state index in [1.807, 2.05) is 0 Å². The van der Waals surface area contributed by atoms with Gasteiger partial charge in [0.2, 0.25) is 5.91 Å². The van der Waals surface area contributed by atoms with Gasteiger partial charge in [-0.3, -0.25) is 9.48 Å². The highest BCUT2D eigenvalue weighted by Crippen LogP contribution is 2.14. The van der Waals surface area contributed by atoms with E-state index in [-0.39, 0.29) is 10.9 Å². The molecule has 1 heterocycles. The van der Waals surface area contributed by atoms with Crippen LogP contribution in [0.5, 0.6) is 0 Å². The zero-order valence-electron chi connectivity index (χ0n) is 9.30. The van der Waals surface area contributed by atoms with E-state index in [0.717, 1.165) is 0 Å². The minimum absolute atomic E-state index is 0.180. The fraction of sp³-hybridized carbons (Fsp3) is 0.556. The Morgan fingerprint density at radius 2 is 2.31 bits per heavy atom. The molecule has 6 nitrogen and oxygen atoms in total. The number of nitrogens with zero attached hydrogens (tertiary/aromatic N) is 3. The van der Waals surface area contributed by atoms with Gasteiger partial charge in [0, 0.05) is 12.7 Å². The van der Waals surface area contributed by atoms with E-state index in [1.165, 1.54) is 0 Å². The van der Waals surface area contributed by atoms with Crippen molar-refractivity contribution in [2.24, 2.45) is 11.1 Å². The van der Waals surface area contributed by atoms with Crippen LogP contribution in [0, 0.1) is 5.41 Å². The Kier molecular flexibility index (Phi) is 3.94. The van der Waals surface area contributed by atoms with Crippen LogP contribution in [0.4, 0.5) is 0 Å². The van der Waals surface area contributed by atoms with E-state index in [2.05, 4.69) is 15.6 Å². The maximum atomic E-state index is 11.7. The van der Waals surface area contributed by atoms with Crippen molar-refractivity contribution >= 4 is 23.1 Å². The Balaban J connectivity index is 2.39. The average Bonchev–Trinajstić information content (AvgIpc) is 2.70. The third kappa shape index (κ3) is 2.99. The Morgan fingerprint density at radius 3 is 2.81 bits per heavy atom. The predicted molar refractivity (Wildman–Crippen MR) is 63.6 cm³/mol. The van der Waals surface area contributed by atoms with Gasteiger partial charge >= 0.3 is 0 Å². The summed E-state index contributed by atoms with van der Waals surface area (Å²) >= 11 is 4.83. The quantitative estimate of drug-likeness (QED) is 0.692. The standard InChI is InChI=1S/C9H15N5OS/c1-9(2,7(10)16)8(15)11-3-5-14-6-4-12-13-14/h4,6H,3,5H2,1-2H3,(H2,10,16)(H,11,15). The highest BCUT2D eigenvalue weighted by atomic mass is 32.1. The molecule has 0 saturated carbocycles. The lowest BCUT2D eigenvalue weighted by molar-refractivity contribution is -0.126. The molecule has 0 fully saturated rings. The SMILES string of the molecule is CC(C)(C(=O)NCCn1ccnn1)C(N)=S. The number of hydrogen-bond acceptors (Lipinski definition) is 4. The fourth-order valence-corrected chi connectivity index (χ4v) is 1.06. The van der Waals surface area contributed by atoms with Gasteiger partial charge in [-0.15, -0.1) is 5.10 Å². The lowest BCUT2D eigenvalue weighted by atomic mass is 9.92. The van der Waals surface area contributed by atoms with E-state index in [9.17, 15) is 4.79 Å². The molecule has 3 N–H and O–H groups in total. The van der Waals surface area contributed by atoms with Gasteiger partial charge in [0.15, 0.2) is 0 Å². The van der Waals surface area contributed by atoms with Crippen LogP contribution >= 0.6 is 12.2 Å². The number of amides is 1. The molecule has 1 amide bonds. The smallest absolute Gasteiger partial charge is 0.232 e. The highest BCUT2D eigenvalue weighted by Gasteiger charge is 2.30. The van der Waals surface area contributed by atoms with Gasteiger partial charge in [0.25, 0.3) is 0 Å².